The van der Waals surface area contributed by atoms with Crippen molar-refractivity contribution in [2.24, 2.45) is 0 Å². The molecule has 1 aromatic heterocycles. The summed E-state index contributed by atoms with van der Waals surface area (Å²) in [6.45, 7) is 0. The second kappa shape index (κ2) is 10.3. The quantitative estimate of drug-likeness (QED) is 0.530. The van der Waals surface area contributed by atoms with Gasteiger partial charge in [-0.05, 0) is 12.1 Å². The van der Waals surface area contributed by atoms with Gasteiger partial charge in [0.2, 0.25) is 5.91 Å². The lowest BCUT2D eigenvalue weighted by Gasteiger charge is -2.10. The molecule has 0 aliphatic rings. The SMILES string of the molecule is COc1cc(NC(=O)CCSc2nc(-c3ccccc3)ccc2C#N)cc(OC)c1. The second-order valence-electron chi connectivity index (χ2n) is 6.28. The van der Waals surface area contributed by atoms with Gasteiger partial charge in [0.1, 0.15) is 22.6 Å². The van der Waals surface area contributed by atoms with E-state index in [1.54, 1.807) is 38.5 Å². The molecule has 0 atom stereocenters. The normalized spacial score (nSPS) is 10.2. The van der Waals surface area contributed by atoms with Crippen LogP contribution in [0.1, 0.15) is 12.0 Å². The molecule has 1 heterocycles. The number of hydrogen-bond donors (Lipinski definition) is 1. The van der Waals surface area contributed by atoms with E-state index < -0.39 is 0 Å². The summed E-state index contributed by atoms with van der Waals surface area (Å²) in [7, 11) is 3.11. The molecule has 0 aliphatic heterocycles. The number of benzene rings is 2. The highest BCUT2D eigenvalue weighted by molar-refractivity contribution is 7.99. The summed E-state index contributed by atoms with van der Waals surface area (Å²) in [6, 6.07) is 20.7. The standard InChI is InChI=1S/C23H21N3O3S/c1-28-19-12-18(13-20(14-19)29-2)25-22(27)10-11-30-23-17(15-24)8-9-21(26-23)16-6-4-3-5-7-16/h3-9,12-14H,10-11H2,1-2H3,(H,25,27). The van der Waals surface area contributed by atoms with Gasteiger partial charge >= 0.3 is 0 Å². The molecule has 0 saturated carbocycles. The van der Waals surface area contributed by atoms with Crippen LogP contribution in [0.3, 0.4) is 0 Å². The van der Waals surface area contributed by atoms with Crippen LogP contribution in [0.4, 0.5) is 5.69 Å². The number of aromatic nitrogens is 1. The van der Waals surface area contributed by atoms with Gasteiger partial charge in [-0.2, -0.15) is 5.26 Å². The summed E-state index contributed by atoms with van der Waals surface area (Å²) in [4.78, 5) is 17.0. The molecule has 1 amide bonds. The first-order chi connectivity index (χ1) is 14.6. The van der Waals surface area contributed by atoms with Gasteiger partial charge in [0.05, 0.1) is 25.5 Å². The molecule has 3 aromatic rings. The summed E-state index contributed by atoms with van der Waals surface area (Å²) in [6.07, 6.45) is 0.270. The first-order valence-electron chi connectivity index (χ1n) is 9.25. The predicted octanol–water partition coefficient (Wildman–Crippen LogP) is 4.76. The number of amides is 1. The minimum absolute atomic E-state index is 0.143. The van der Waals surface area contributed by atoms with Crippen LogP contribution in [0.5, 0.6) is 11.5 Å². The number of thioether (sulfide) groups is 1. The largest absolute Gasteiger partial charge is 0.497 e. The molecule has 1 N–H and O–H groups in total. The Morgan fingerprint density at radius 1 is 1.07 bits per heavy atom. The summed E-state index contributed by atoms with van der Waals surface area (Å²) >= 11 is 1.39. The second-order valence-corrected chi connectivity index (χ2v) is 7.36. The highest BCUT2D eigenvalue weighted by Crippen LogP contribution is 2.27. The molecule has 0 radical (unpaired) electrons. The Morgan fingerprint density at radius 3 is 2.40 bits per heavy atom. The third-order valence-electron chi connectivity index (χ3n) is 4.25. The number of methoxy groups -OCH3 is 2. The molecule has 0 aliphatic carbocycles. The van der Waals surface area contributed by atoms with Crippen LogP contribution in [0.15, 0.2) is 65.7 Å². The molecule has 3 rings (SSSR count). The van der Waals surface area contributed by atoms with Crippen molar-refractivity contribution in [3.05, 3.63) is 66.2 Å². The van der Waals surface area contributed by atoms with Gasteiger partial charge in [0, 0.05) is 41.6 Å². The summed E-state index contributed by atoms with van der Waals surface area (Å²) < 4.78 is 10.4. The number of carbonyl (C=O) groups excluding carboxylic acids is 1. The fourth-order valence-corrected chi connectivity index (χ4v) is 3.66. The van der Waals surface area contributed by atoms with Gasteiger partial charge in [-0.1, -0.05) is 30.3 Å². The Morgan fingerprint density at radius 2 is 1.77 bits per heavy atom. The number of carbonyl (C=O) groups is 1. The van der Waals surface area contributed by atoms with Crippen molar-refractivity contribution < 1.29 is 14.3 Å². The zero-order chi connectivity index (χ0) is 21.3. The van der Waals surface area contributed by atoms with Crippen molar-refractivity contribution in [3.63, 3.8) is 0 Å². The topological polar surface area (TPSA) is 84.2 Å². The number of pyridine rings is 1. The predicted molar refractivity (Wildman–Crippen MR) is 118 cm³/mol. The molecule has 0 bridgehead atoms. The van der Waals surface area contributed by atoms with E-state index in [9.17, 15) is 10.1 Å². The smallest absolute Gasteiger partial charge is 0.225 e. The van der Waals surface area contributed by atoms with Gasteiger partial charge in [-0.3, -0.25) is 4.79 Å². The minimum atomic E-state index is -0.143. The zero-order valence-corrected chi connectivity index (χ0v) is 17.5. The van der Waals surface area contributed by atoms with Crippen molar-refractivity contribution in [3.8, 4) is 28.8 Å². The van der Waals surface area contributed by atoms with E-state index in [-0.39, 0.29) is 12.3 Å². The van der Waals surface area contributed by atoms with Crippen LogP contribution in [0.25, 0.3) is 11.3 Å². The average Bonchev–Trinajstić information content (AvgIpc) is 2.79. The molecule has 6 nitrogen and oxygen atoms in total. The van der Waals surface area contributed by atoms with Crippen molar-refractivity contribution in [2.75, 3.05) is 25.3 Å². The molecular weight excluding hydrogens is 398 g/mol. The highest BCUT2D eigenvalue weighted by atomic mass is 32.2. The average molecular weight is 420 g/mol. The van der Waals surface area contributed by atoms with E-state index in [2.05, 4.69) is 16.4 Å². The third kappa shape index (κ3) is 5.52. The number of nitriles is 1. The monoisotopic (exact) mass is 419 g/mol. The number of hydrogen-bond acceptors (Lipinski definition) is 6. The van der Waals surface area contributed by atoms with Crippen LogP contribution < -0.4 is 14.8 Å². The molecule has 152 valence electrons. The van der Waals surface area contributed by atoms with E-state index in [0.717, 1.165) is 11.3 Å². The van der Waals surface area contributed by atoms with E-state index in [0.29, 0.717) is 33.5 Å². The Hall–Kier alpha value is -3.50. The molecule has 0 saturated heterocycles. The highest BCUT2D eigenvalue weighted by Gasteiger charge is 2.10. The van der Waals surface area contributed by atoms with Gasteiger partial charge in [0.15, 0.2) is 0 Å². The van der Waals surface area contributed by atoms with Crippen molar-refractivity contribution in [2.45, 2.75) is 11.4 Å². The lowest BCUT2D eigenvalue weighted by molar-refractivity contribution is -0.115. The van der Waals surface area contributed by atoms with Gasteiger partial charge in [-0.25, -0.2) is 4.98 Å². The number of nitrogens with zero attached hydrogens (tertiary/aromatic N) is 2. The molecule has 7 heteroatoms. The van der Waals surface area contributed by atoms with Gasteiger partial charge in [-0.15, -0.1) is 11.8 Å². The van der Waals surface area contributed by atoms with Crippen molar-refractivity contribution in [1.82, 2.24) is 4.98 Å². The first kappa shape index (κ1) is 21.2. The molecule has 0 spiro atoms. The number of nitrogens with one attached hydrogen (secondary N) is 1. The van der Waals surface area contributed by atoms with Gasteiger partial charge < -0.3 is 14.8 Å². The zero-order valence-electron chi connectivity index (χ0n) is 16.7. The van der Waals surface area contributed by atoms with E-state index in [4.69, 9.17) is 9.47 Å². The molecule has 2 aromatic carbocycles. The van der Waals surface area contributed by atoms with Crippen molar-refractivity contribution in [1.29, 1.82) is 5.26 Å². The molecular formula is C23H21N3O3S. The van der Waals surface area contributed by atoms with E-state index >= 15 is 0 Å². The number of rotatable bonds is 8. The van der Waals surface area contributed by atoms with Crippen LogP contribution in [0.2, 0.25) is 0 Å². The number of anilines is 1. The summed E-state index contributed by atoms with van der Waals surface area (Å²) in [5.74, 6) is 1.54. The fraction of sp³-hybridized carbons (Fsp3) is 0.174. The maximum absolute atomic E-state index is 12.4. The number of ether oxygens (including phenoxy) is 2. The van der Waals surface area contributed by atoms with Crippen LogP contribution in [-0.2, 0) is 4.79 Å². The lowest BCUT2D eigenvalue weighted by Crippen LogP contribution is -2.12. The third-order valence-corrected chi connectivity index (χ3v) is 5.25. The Bertz CT molecular complexity index is 1040. The van der Waals surface area contributed by atoms with Gasteiger partial charge in [0.25, 0.3) is 0 Å². The van der Waals surface area contributed by atoms with Crippen LogP contribution in [-0.4, -0.2) is 30.9 Å². The van der Waals surface area contributed by atoms with E-state index in [1.807, 2.05) is 36.4 Å². The lowest BCUT2D eigenvalue weighted by atomic mass is 10.1. The maximum Gasteiger partial charge on any atom is 0.225 e. The van der Waals surface area contributed by atoms with Crippen molar-refractivity contribution >= 4 is 23.4 Å². The van der Waals surface area contributed by atoms with Crippen LogP contribution >= 0.6 is 11.8 Å². The Kier molecular flexibility index (Phi) is 7.30. The minimum Gasteiger partial charge on any atom is -0.497 e. The first-order valence-corrected chi connectivity index (χ1v) is 10.2. The summed E-state index contributed by atoms with van der Waals surface area (Å²) in [5.41, 5.74) is 2.87. The fourth-order valence-electron chi connectivity index (χ4n) is 2.75. The Labute approximate surface area is 179 Å². The molecule has 30 heavy (non-hydrogen) atoms. The summed E-state index contributed by atoms with van der Waals surface area (Å²) in [5, 5.41) is 12.8. The Balaban J connectivity index is 1.63. The maximum atomic E-state index is 12.4. The van der Waals surface area contributed by atoms with Crippen LogP contribution in [0, 0.1) is 11.3 Å². The molecule has 0 unspecified atom stereocenters. The van der Waals surface area contributed by atoms with E-state index in [1.165, 1.54) is 11.8 Å². The molecule has 0 fully saturated rings.